The van der Waals surface area contributed by atoms with Crippen LogP contribution in [0.2, 0.25) is 0 Å². The van der Waals surface area contributed by atoms with Crippen molar-refractivity contribution in [3.8, 4) is 0 Å². The van der Waals surface area contributed by atoms with Gasteiger partial charge in [-0.25, -0.2) is 0 Å². The van der Waals surface area contributed by atoms with Crippen molar-refractivity contribution in [2.45, 2.75) is 57.4 Å². The molecule has 0 radical (unpaired) electrons. The first-order chi connectivity index (χ1) is 10.8. The molecule has 1 aromatic rings. The van der Waals surface area contributed by atoms with Crippen LogP contribution in [0.5, 0.6) is 0 Å². The third kappa shape index (κ3) is 4.32. The van der Waals surface area contributed by atoms with Gasteiger partial charge in [0.1, 0.15) is 0 Å². The predicted molar refractivity (Wildman–Crippen MR) is 92.3 cm³/mol. The summed E-state index contributed by atoms with van der Waals surface area (Å²) in [5.41, 5.74) is 0. The fourth-order valence-corrected chi connectivity index (χ4v) is 4.49. The van der Waals surface area contributed by atoms with Crippen LogP contribution < -0.4 is 0 Å². The van der Waals surface area contributed by atoms with Gasteiger partial charge in [0.15, 0.2) is 0 Å². The molecule has 3 heterocycles. The van der Waals surface area contributed by atoms with Gasteiger partial charge < -0.3 is 9.80 Å². The van der Waals surface area contributed by atoms with Crippen molar-refractivity contribution in [2.75, 3.05) is 26.2 Å². The smallest absolute Gasteiger partial charge is 0.222 e. The summed E-state index contributed by atoms with van der Waals surface area (Å²) in [5, 5.41) is 2.09. The lowest BCUT2D eigenvalue weighted by Gasteiger charge is -2.38. The number of likely N-dealkylation sites (tertiary alicyclic amines) is 2. The van der Waals surface area contributed by atoms with Gasteiger partial charge in [-0.1, -0.05) is 18.9 Å². The van der Waals surface area contributed by atoms with E-state index in [2.05, 4.69) is 27.3 Å². The molecule has 3 rings (SSSR count). The molecule has 0 bridgehead atoms. The van der Waals surface area contributed by atoms with Gasteiger partial charge in [-0.15, -0.1) is 11.3 Å². The fourth-order valence-electron chi connectivity index (χ4n) is 3.78. The van der Waals surface area contributed by atoms with Gasteiger partial charge in [-0.2, -0.15) is 0 Å². The highest BCUT2D eigenvalue weighted by Gasteiger charge is 2.26. The van der Waals surface area contributed by atoms with Gasteiger partial charge >= 0.3 is 0 Å². The van der Waals surface area contributed by atoms with Crippen LogP contribution in [0.4, 0.5) is 0 Å². The Bertz CT molecular complexity index is 444. The number of aryl methyl sites for hydroxylation is 1. The Morgan fingerprint density at radius 1 is 1.09 bits per heavy atom. The second-order valence-corrected chi connectivity index (χ2v) is 7.67. The molecular weight excluding hydrogens is 292 g/mol. The number of carbonyl (C=O) groups excluding carboxylic acids is 1. The zero-order chi connectivity index (χ0) is 15.2. The Kier molecular flexibility index (Phi) is 5.90. The molecule has 0 aromatic carbocycles. The number of hydrogen-bond acceptors (Lipinski definition) is 3. The van der Waals surface area contributed by atoms with Crippen LogP contribution in [0.1, 0.15) is 49.8 Å². The van der Waals surface area contributed by atoms with Gasteiger partial charge in [-0.05, 0) is 56.6 Å². The Hall–Kier alpha value is -0.870. The van der Waals surface area contributed by atoms with Crippen molar-refractivity contribution >= 4 is 17.2 Å². The van der Waals surface area contributed by atoms with Crippen LogP contribution in [0, 0.1) is 0 Å². The Morgan fingerprint density at radius 2 is 1.82 bits per heavy atom. The maximum absolute atomic E-state index is 12.3. The quantitative estimate of drug-likeness (QED) is 0.847. The highest BCUT2D eigenvalue weighted by Crippen LogP contribution is 2.21. The zero-order valence-corrected chi connectivity index (χ0v) is 14.3. The van der Waals surface area contributed by atoms with E-state index in [1.54, 1.807) is 11.3 Å². The molecule has 0 atom stereocenters. The lowest BCUT2D eigenvalue weighted by molar-refractivity contribution is -0.132. The Balaban J connectivity index is 1.41. The molecule has 2 saturated heterocycles. The summed E-state index contributed by atoms with van der Waals surface area (Å²) in [6.07, 6.45) is 9.44. The number of nitrogens with zero attached hydrogens (tertiary/aromatic N) is 2. The maximum Gasteiger partial charge on any atom is 0.222 e. The number of thiophene rings is 1. The van der Waals surface area contributed by atoms with Crippen LogP contribution in [-0.2, 0) is 11.2 Å². The van der Waals surface area contributed by atoms with Crippen LogP contribution in [0.3, 0.4) is 0 Å². The lowest BCUT2D eigenvalue weighted by Crippen LogP contribution is -2.47. The topological polar surface area (TPSA) is 23.6 Å². The largest absolute Gasteiger partial charge is 0.343 e. The summed E-state index contributed by atoms with van der Waals surface area (Å²) in [6.45, 7) is 4.48. The Morgan fingerprint density at radius 3 is 2.45 bits per heavy atom. The van der Waals surface area contributed by atoms with E-state index in [-0.39, 0.29) is 0 Å². The molecule has 2 aliphatic rings. The van der Waals surface area contributed by atoms with Gasteiger partial charge in [0.05, 0.1) is 0 Å². The minimum absolute atomic E-state index is 0.350. The minimum atomic E-state index is 0.350. The standard InChI is InChI=1S/C18H28N2OS/c21-18(8-7-17-6-5-15-22-17)20-13-9-16(10-14-20)19-11-3-1-2-4-12-19/h5-6,15-16H,1-4,7-14H2. The molecule has 0 spiro atoms. The van der Waals surface area contributed by atoms with Crippen LogP contribution in [0.15, 0.2) is 17.5 Å². The monoisotopic (exact) mass is 320 g/mol. The molecule has 1 amide bonds. The van der Waals surface area contributed by atoms with Crippen LogP contribution in [-0.4, -0.2) is 47.9 Å². The first kappa shape index (κ1) is 16.0. The molecule has 0 aliphatic carbocycles. The lowest BCUT2D eigenvalue weighted by atomic mass is 10.0. The summed E-state index contributed by atoms with van der Waals surface area (Å²) in [7, 11) is 0. The summed E-state index contributed by atoms with van der Waals surface area (Å²) < 4.78 is 0. The van der Waals surface area contributed by atoms with Gasteiger partial charge in [0.2, 0.25) is 5.91 Å². The summed E-state index contributed by atoms with van der Waals surface area (Å²) in [5.74, 6) is 0.350. The van der Waals surface area contributed by atoms with E-state index in [4.69, 9.17) is 0 Å². The minimum Gasteiger partial charge on any atom is -0.343 e. The summed E-state index contributed by atoms with van der Waals surface area (Å²) >= 11 is 1.76. The fraction of sp³-hybridized carbons (Fsp3) is 0.722. The summed E-state index contributed by atoms with van der Waals surface area (Å²) in [6, 6.07) is 4.92. The third-order valence-electron chi connectivity index (χ3n) is 5.14. The average molecular weight is 321 g/mol. The van der Waals surface area contributed by atoms with Crippen LogP contribution >= 0.6 is 11.3 Å². The van der Waals surface area contributed by atoms with Crippen molar-refractivity contribution in [2.24, 2.45) is 0 Å². The molecule has 4 heteroatoms. The van der Waals surface area contributed by atoms with E-state index >= 15 is 0 Å². The zero-order valence-electron chi connectivity index (χ0n) is 13.5. The molecule has 0 saturated carbocycles. The first-order valence-corrected chi connectivity index (χ1v) is 9.75. The molecule has 122 valence electrons. The first-order valence-electron chi connectivity index (χ1n) is 8.87. The highest BCUT2D eigenvalue weighted by molar-refractivity contribution is 7.09. The van der Waals surface area contributed by atoms with E-state index in [1.165, 1.54) is 56.5 Å². The van der Waals surface area contributed by atoms with E-state index in [1.807, 2.05) is 0 Å². The van der Waals surface area contributed by atoms with Crippen LogP contribution in [0.25, 0.3) is 0 Å². The number of carbonyl (C=O) groups is 1. The molecular formula is C18H28N2OS. The normalized spacial score (nSPS) is 21.7. The molecule has 0 unspecified atom stereocenters. The highest BCUT2D eigenvalue weighted by atomic mass is 32.1. The number of amides is 1. The summed E-state index contributed by atoms with van der Waals surface area (Å²) in [4.78, 5) is 18.5. The van der Waals surface area contributed by atoms with Crippen molar-refractivity contribution < 1.29 is 4.79 Å². The van der Waals surface area contributed by atoms with Crippen molar-refractivity contribution in [1.82, 2.24) is 9.80 Å². The van der Waals surface area contributed by atoms with Gasteiger partial charge in [0, 0.05) is 30.4 Å². The third-order valence-corrected chi connectivity index (χ3v) is 6.08. The molecule has 1 aromatic heterocycles. The number of rotatable bonds is 4. The van der Waals surface area contributed by atoms with E-state index in [0.29, 0.717) is 12.3 Å². The van der Waals surface area contributed by atoms with Gasteiger partial charge in [-0.3, -0.25) is 4.79 Å². The number of hydrogen-bond donors (Lipinski definition) is 0. The molecule has 22 heavy (non-hydrogen) atoms. The SMILES string of the molecule is O=C(CCc1cccs1)N1CCC(N2CCCCCC2)CC1. The number of piperidine rings is 1. The van der Waals surface area contributed by atoms with Crippen molar-refractivity contribution in [1.29, 1.82) is 0 Å². The second kappa shape index (κ2) is 8.11. The van der Waals surface area contributed by atoms with E-state index < -0.39 is 0 Å². The van der Waals surface area contributed by atoms with Crippen molar-refractivity contribution in [3.05, 3.63) is 22.4 Å². The second-order valence-electron chi connectivity index (χ2n) is 6.64. The molecule has 2 fully saturated rings. The molecule has 2 aliphatic heterocycles. The predicted octanol–water partition coefficient (Wildman–Crippen LogP) is 3.55. The van der Waals surface area contributed by atoms with Gasteiger partial charge in [0.25, 0.3) is 0 Å². The maximum atomic E-state index is 12.3. The average Bonchev–Trinajstić information content (AvgIpc) is 2.93. The van der Waals surface area contributed by atoms with E-state index in [9.17, 15) is 4.79 Å². The van der Waals surface area contributed by atoms with Crippen molar-refractivity contribution in [3.63, 3.8) is 0 Å². The van der Waals surface area contributed by atoms with E-state index in [0.717, 1.165) is 25.6 Å². The Labute approximate surface area is 138 Å². The molecule has 0 N–H and O–H groups in total. The molecule has 3 nitrogen and oxygen atoms in total.